The van der Waals surface area contributed by atoms with E-state index in [4.69, 9.17) is 4.74 Å². The van der Waals surface area contributed by atoms with E-state index in [1.807, 2.05) is 23.1 Å². The molecule has 1 fully saturated rings. The van der Waals surface area contributed by atoms with Crippen molar-refractivity contribution in [1.82, 2.24) is 19.7 Å². The van der Waals surface area contributed by atoms with Crippen molar-refractivity contribution >= 4 is 43.7 Å². The molecule has 4 aromatic rings. The van der Waals surface area contributed by atoms with Gasteiger partial charge >= 0.3 is 0 Å². The number of hydrogen-bond donors (Lipinski definition) is 1. The second kappa shape index (κ2) is 12.3. The van der Waals surface area contributed by atoms with Crippen molar-refractivity contribution < 1.29 is 17.9 Å². The molecular weight excluding hydrogens is 601 g/mol. The number of benzene rings is 1. The maximum atomic E-state index is 12.7. The molecule has 1 N–H and O–H groups in total. The molecule has 6 rings (SSSR count). The number of aromatic nitrogens is 4. The number of anilines is 3. The Bertz CT molecular complexity index is 1820. The van der Waals surface area contributed by atoms with E-state index in [1.165, 1.54) is 23.8 Å². The fraction of sp³-hybridized carbons (Fsp3) is 0.367. The van der Waals surface area contributed by atoms with E-state index in [9.17, 15) is 18.5 Å². The Morgan fingerprint density at radius 1 is 1.16 bits per heavy atom. The van der Waals surface area contributed by atoms with Crippen LogP contribution in [0.15, 0.2) is 49.1 Å². The average Bonchev–Trinajstić information content (AvgIpc) is 3.62. The normalized spacial score (nSPS) is 15.5. The molecule has 2 aliphatic heterocycles. The van der Waals surface area contributed by atoms with Crippen LogP contribution < -0.4 is 19.9 Å². The lowest BCUT2D eigenvalue weighted by atomic mass is 10.0. The molecule has 0 bridgehead atoms. The largest absolute Gasteiger partial charge is 0.486 e. The number of nitrogens with one attached hydrogen (secondary N) is 1. The fourth-order valence-corrected chi connectivity index (χ4v) is 7.87. The summed E-state index contributed by atoms with van der Waals surface area (Å²) >= 11 is 1.40. The van der Waals surface area contributed by atoms with Gasteiger partial charge in [0, 0.05) is 49.7 Å². The van der Waals surface area contributed by atoms with Crippen LogP contribution >= 0.6 is 11.3 Å². The van der Waals surface area contributed by atoms with Crippen molar-refractivity contribution in [2.45, 2.75) is 37.7 Å². The van der Waals surface area contributed by atoms with Crippen LogP contribution in [0, 0.1) is 11.3 Å². The molecule has 12 nitrogen and oxygen atoms in total. The van der Waals surface area contributed by atoms with Gasteiger partial charge in [0.25, 0.3) is 5.91 Å². The third-order valence-electron chi connectivity index (χ3n) is 7.99. The van der Waals surface area contributed by atoms with Gasteiger partial charge in [-0.1, -0.05) is 12.1 Å². The molecule has 1 aromatic carbocycles. The molecule has 0 spiro atoms. The van der Waals surface area contributed by atoms with E-state index in [0.717, 1.165) is 21.7 Å². The van der Waals surface area contributed by atoms with E-state index in [-0.39, 0.29) is 11.2 Å². The van der Waals surface area contributed by atoms with Gasteiger partial charge in [0.05, 0.1) is 41.5 Å². The van der Waals surface area contributed by atoms with E-state index in [0.29, 0.717) is 79.9 Å². The number of hydrogen-bond acceptors (Lipinski definition) is 11. The van der Waals surface area contributed by atoms with Crippen molar-refractivity contribution in [3.05, 3.63) is 76.2 Å². The molecule has 1 saturated heterocycles. The minimum atomic E-state index is -3.01. The van der Waals surface area contributed by atoms with Gasteiger partial charge in [-0.25, -0.2) is 18.4 Å². The second-order valence-corrected chi connectivity index (χ2v) is 14.5. The number of aryl methyl sites for hydroxylation is 1. The van der Waals surface area contributed by atoms with Crippen LogP contribution in [-0.2, 0) is 36.5 Å². The monoisotopic (exact) mass is 632 g/mol. The highest BCUT2D eigenvalue weighted by Crippen LogP contribution is 2.37. The SMILES string of the molecule is Cn1cc(C(=O)Nc2sc3c(c2C#N)CCN(c2ncc(OCc4cccc(N5CCC(S(C)(=O)=O)CC5)c4)cn2)C3)cn1. The summed E-state index contributed by atoms with van der Waals surface area (Å²) < 4.78 is 31.3. The number of nitriles is 1. The summed E-state index contributed by atoms with van der Waals surface area (Å²) in [6, 6.07) is 10.4. The summed E-state index contributed by atoms with van der Waals surface area (Å²) in [6.07, 6.45) is 9.68. The van der Waals surface area contributed by atoms with Gasteiger partial charge < -0.3 is 19.9 Å². The quantitative estimate of drug-likeness (QED) is 0.306. The van der Waals surface area contributed by atoms with Gasteiger partial charge in [-0.15, -0.1) is 11.3 Å². The minimum absolute atomic E-state index is 0.261. The fourth-order valence-electron chi connectivity index (χ4n) is 5.59. The standard InChI is InChI=1S/C30H32N8O4S2/c1-36-17-21(14-34-36)28(39)35-29-26(13-31)25-8-11-38(18-27(25)43-29)30-32-15-23(16-33-30)42-19-20-4-3-5-22(12-20)37-9-6-24(7-10-37)44(2,40)41/h3-5,12,14-17,24H,6-11,18-19H2,1-2H3,(H,35,39). The lowest BCUT2D eigenvalue weighted by Crippen LogP contribution is -2.39. The molecule has 44 heavy (non-hydrogen) atoms. The number of rotatable bonds is 8. The van der Waals surface area contributed by atoms with Crippen molar-refractivity contribution in [3.63, 3.8) is 0 Å². The van der Waals surface area contributed by atoms with E-state index in [1.54, 1.807) is 30.3 Å². The van der Waals surface area contributed by atoms with Crippen LogP contribution in [0.2, 0.25) is 0 Å². The number of amides is 1. The summed E-state index contributed by atoms with van der Waals surface area (Å²) in [5.41, 5.74) is 3.95. The lowest BCUT2D eigenvalue weighted by Gasteiger charge is -2.33. The van der Waals surface area contributed by atoms with Gasteiger partial charge in [0.15, 0.2) is 5.75 Å². The molecule has 14 heteroatoms. The van der Waals surface area contributed by atoms with Gasteiger partial charge in [-0.2, -0.15) is 10.4 Å². The summed E-state index contributed by atoms with van der Waals surface area (Å²) in [4.78, 5) is 27.0. The first-order valence-corrected chi connectivity index (χ1v) is 17.0. The Morgan fingerprint density at radius 2 is 1.93 bits per heavy atom. The number of sulfone groups is 1. The van der Waals surface area contributed by atoms with Crippen LogP contribution in [0.4, 0.5) is 16.6 Å². The van der Waals surface area contributed by atoms with Crippen LogP contribution in [0.3, 0.4) is 0 Å². The zero-order valence-corrected chi connectivity index (χ0v) is 26.1. The first kappa shape index (κ1) is 29.6. The van der Waals surface area contributed by atoms with Crippen molar-refractivity contribution in [1.29, 1.82) is 5.26 Å². The summed E-state index contributed by atoms with van der Waals surface area (Å²) in [5, 5.41) is 17.0. The number of thiophene rings is 1. The zero-order chi connectivity index (χ0) is 30.8. The Morgan fingerprint density at radius 3 is 2.61 bits per heavy atom. The van der Waals surface area contributed by atoms with Crippen molar-refractivity contribution in [2.24, 2.45) is 7.05 Å². The molecule has 228 valence electrons. The maximum absolute atomic E-state index is 12.7. The molecule has 2 aliphatic rings. The zero-order valence-electron chi connectivity index (χ0n) is 24.4. The number of nitrogens with zero attached hydrogens (tertiary/aromatic N) is 7. The maximum Gasteiger partial charge on any atom is 0.259 e. The number of ether oxygens (including phenoxy) is 1. The van der Waals surface area contributed by atoms with Gasteiger partial charge in [-0.3, -0.25) is 9.48 Å². The lowest BCUT2D eigenvalue weighted by molar-refractivity contribution is 0.102. The van der Waals surface area contributed by atoms with Crippen molar-refractivity contribution in [2.75, 3.05) is 41.0 Å². The van der Waals surface area contributed by atoms with Crippen LogP contribution in [0.5, 0.6) is 5.75 Å². The highest BCUT2D eigenvalue weighted by Gasteiger charge is 2.28. The molecule has 5 heterocycles. The van der Waals surface area contributed by atoms with Crippen LogP contribution in [0.25, 0.3) is 0 Å². The number of piperidine rings is 1. The molecular formula is C30H32N8O4S2. The topological polar surface area (TPSA) is 146 Å². The molecule has 0 atom stereocenters. The number of carbonyl (C=O) groups is 1. The second-order valence-electron chi connectivity index (χ2n) is 11.0. The summed E-state index contributed by atoms with van der Waals surface area (Å²) in [5.74, 6) is 0.814. The Balaban J connectivity index is 1.06. The Labute approximate surface area is 259 Å². The van der Waals surface area contributed by atoms with E-state index in [2.05, 4.69) is 37.4 Å². The van der Waals surface area contributed by atoms with Crippen LogP contribution in [-0.4, -0.2) is 65.2 Å². The first-order chi connectivity index (χ1) is 21.2. The average molecular weight is 633 g/mol. The number of fused-ring (bicyclic) bond motifs is 1. The molecule has 0 saturated carbocycles. The Kier molecular flexibility index (Phi) is 8.24. The summed E-state index contributed by atoms with van der Waals surface area (Å²) in [6.45, 7) is 2.94. The highest BCUT2D eigenvalue weighted by molar-refractivity contribution is 7.91. The number of carbonyl (C=O) groups excluding carboxylic acids is 1. The smallest absolute Gasteiger partial charge is 0.259 e. The predicted octanol–water partition coefficient (Wildman–Crippen LogP) is 3.55. The predicted molar refractivity (Wildman–Crippen MR) is 168 cm³/mol. The van der Waals surface area contributed by atoms with E-state index >= 15 is 0 Å². The highest BCUT2D eigenvalue weighted by atomic mass is 32.2. The molecule has 0 radical (unpaired) electrons. The van der Waals surface area contributed by atoms with Crippen molar-refractivity contribution in [3.8, 4) is 11.8 Å². The third kappa shape index (κ3) is 6.39. The molecule has 0 unspecified atom stereocenters. The first-order valence-electron chi connectivity index (χ1n) is 14.2. The molecule has 1 amide bonds. The van der Waals surface area contributed by atoms with Gasteiger partial charge in [0.2, 0.25) is 5.95 Å². The molecule has 3 aromatic heterocycles. The summed E-state index contributed by atoms with van der Waals surface area (Å²) in [7, 11) is -1.26. The molecule has 0 aliphatic carbocycles. The Hall–Kier alpha value is -4.48. The third-order valence-corrected chi connectivity index (χ3v) is 10.8. The minimum Gasteiger partial charge on any atom is -0.486 e. The van der Waals surface area contributed by atoms with Crippen LogP contribution in [0.1, 0.15) is 44.8 Å². The van der Waals surface area contributed by atoms with E-state index < -0.39 is 9.84 Å². The van der Waals surface area contributed by atoms with Gasteiger partial charge in [-0.05, 0) is 42.5 Å². The van der Waals surface area contributed by atoms with Gasteiger partial charge in [0.1, 0.15) is 27.5 Å².